The van der Waals surface area contributed by atoms with Crippen molar-refractivity contribution in [1.29, 1.82) is 0 Å². The zero-order chi connectivity index (χ0) is 23.5. The fraction of sp³-hybridized carbons (Fsp3) is 0.480. The van der Waals surface area contributed by atoms with Crippen LogP contribution in [0.15, 0.2) is 47.4 Å². The van der Waals surface area contributed by atoms with Gasteiger partial charge >= 0.3 is 6.16 Å². The Morgan fingerprint density at radius 1 is 1.09 bits per heavy atom. The van der Waals surface area contributed by atoms with Gasteiger partial charge < -0.3 is 24.4 Å². The van der Waals surface area contributed by atoms with Gasteiger partial charge in [0.05, 0.1) is 6.61 Å². The first-order chi connectivity index (χ1) is 15.9. The molecule has 2 aromatic carbocycles. The third kappa shape index (κ3) is 5.04. The number of halogens is 1. The molecular weight excluding hydrogens is 447 g/mol. The number of hydrogen-bond acceptors (Lipinski definition) is 7. The molecule has 6 atom stereocenters. The average molecular weight is 477 g/mol. The lowest BCUT2D eigenvalue weighted by Crippen LogP contribution is -2.53. The number of fused-ring (bicyclic) bond motifs is 1. The lowest BCUT2D eigenvalue weighted by Gasteiger charge is -2.39. The Kier molecular flexibility index (Phi) is 7.58. The molecule has 178 valence electrons. The van der Waals surface area contributed by atoms with E-state index >= 15 is 0 Å². The van der Waals surface area contributed by atoms with E-state index in [4.69, 9.17) is 14.2 Å². The highest BCUT2D eigenvalue weighted by Crippen LogP contribution is 2.45. The summed E-state index contributed by atoms with van der Waals surface area (Å²) >= 11 is 1.77. The van der Waals surface area contributed by atoms with E-state index in [1.54, 1.807) is 18.7 Å². The van der Waals surface area contributed by atoms with E-state index in [1.807, 2.05) is 18.2 Å². The van der Waals surface area contributed by atoms with Gasteiger partial charge in [0.1, 0.15) is 31.0 Å². The standard InChI is InChI=1S/C25H29FO6S/c1-3-14-5-7-15(8-6-14)18-13-33-20-10-9-16(11-17(18)20)24-23(28)22(27)21(26)19(32-24)12-31-25(29)30-4-2/h5-11,18-19,21-24,27-28H,3-4,12-13H2,1-2H3. The van der Waals surface area contributed by atoms with Crippen LogP contribution in [0.4, 0.5) is 9.18 Å². The summed E-state index contributed by atoms with van der Waals surface area (Å²) in [6.45, 7) is 3.46. The minimum absolute atomic E-state index is 0.128. The minimum Gasteiger partial charge on any atom is -0.435 e. The Morgan fingerprint density at radius 3 is 2.52 bits per heavy atom. The normalized spacial score (nSPS) is 28.9. The topological polar surface area (TPSA) is 85.2 Å². The number of hydrogen-bond donors (Lipinski definition) is 2. The number of aliphatic hydroxyl groups excluding tert-OH is 2. The van der Waals surface area contributed by atoms with Crippen molar-refractivity contribution in [2.45, 2.75) is 61.7 Å². The number of carbonyl (C=O) groups is 1. The second-order valence-electron chi connectivity index (χ2n) is 8.27. The molecule has 0 aliphatic carbocycles. The number of thioether (sulfide) groups is 1. The molecule has 2 aromatic rings. The van der Waals surface area contributed by atoms with Crippen molar-refractivity contribution in [3.8, 4) is 0 Å². The molecule has 0 saturated carbocycles. The third-order valence-corrected chi connectivity index (χ3v) is 7.41. The minimum atomic E-state index is -1.90. The van der Waals surface area contributed by atoms with Gasteiger partial charge in [-0.2, -0.15) is 0 Å². The molecule has 6 nitrogen and oxygen atoms in total. The van der Waals surface area contributed by atoms with Crippen molar-refractivity contribution in [3.63, 3.8) is 0 Å². The summed E-state index contributed by atoms with van der Waals surface area (Å²) in [5, 5.41) is 20.9. The number of alkyl halides is 1. The van der Waals surface area contributed by atoms with Gasteiger partial charge in [-0.1, -0.05) is 43.3 Å². The summed E-state index contributed by atoms with van der Waals surface area (Å²) in [6, 6.07) is 14.4. The van der Waals surface area contributed by atoms with Gasteiger partial charge in [-0.15, -0.1) is 11.8 Å². The zero-order valence-corrected chi connectivity index (χ0v) is 19.5. The summed E-state index contributed by atoms with van der Waals surface area (Å²) in [5.41, 5.74) is 4.26. The van der Waals surface area contributed by atoms with Crippen molar-refractivity contribution < 1.29 is 33.6 Å². The van der Waals surface area contributed by atoms with Crippen molar-refractivity contribution in [1.82, 2.24) is 0 Å². The molecule has 6 unspecified atom stereocenters. The first kappa shape index (κ1) is 24.0. The van der Waals surface area contributed by atoms with Crippen LogP contribution in [-0.4, -0.2) is 59.8 Å². The van der Waals surface area contributed by atoms with Gasteiger partial charge in [-0.05, 0) is 41.7 Å². The van der Waals surface area contributed by atoms with Crippen LogP contribution in [0.25, 0.3) is 0 Å². The lowest BCUT2D eigenvalue weighted by atomic mass is 9.87. The highest BCUT2D eigenvalue weighted by atomic mass is 32.2. The van der Waals surface area contributed by atoms with Crippen LogP contribution in [0.2, 0.25) is 0 Å². The van der Waals surface area contributed by atoms with E-state index in [0.717, 1.165) is 22.6 Å². The van der Waals surface area contributed by atoms with Gasteiger partial charge in [-0.25, -0.2) is 9.18 Å². The van der Waals surface area contributed by atoms with Crippen molar-refractivity contribution >= 4 is 17.9 Å². The van der Waals surface area contributed by atoms with Crippen LogP contribution in [0.1, 0.15) is 48.1 Å². The molecule has 0 spiro atoms. The zero-order valence-electron chi connectivity index (χ0n) is 18.6. The van der Waals surface area contributed by atoms with Crippen molar-refractivity contribution in [3.05, 3.63) is 64.7 Å². The second kappa shape index (κ2) is 10.4. The summed E-state index contributed by atoms with van der Waals surface area (Å²) in [5.74, 6) is 1.10. The van der Waals surface area contributed by atoms with Gasteiger partial charge in [0.25, 0.3) is 0 Å². The first-order valence-electron chi connectivity index (χ1n) is 11.2. The molecule has 33 heavy (non-hydrogen) atoms. The molecule has 2 aliphatic rings. The Labute approximate surface area is 197 Å². The van der Waals surface area contributed by atoms with Crippen LogP contribution in [0, 0.1) is 0 Å². The van der Waals surface area contributed by atoms with Crippen LogP contribution >= 0.6 is 11.8 Å². The van der Waals surface area contributed by atoms with E-state index in [2.05, 4.69) is 31.2 Å². The average Bonchev–Trinajstić information content (AvgIpc) is 3.25. The molecule has 0 aromatic heterocycles. The molecule has 0 radical (unpaired) electrons. The van der Waals surface area contributed by atoms with E-state index in [-0.39, 0.29) is 12.5 Å². The van der Waals surface area contributed by atoms with Gasteiger partial charge in [0.2, 0.25) is 0 Å². The maximum absolute atomic E-state index is 14.6. The first-order valence-corrected chi connectivity index (χ1v) is 12.2. The number of aliphatic hydroxyl groups is 2. The highest BCUT2D eigenvalue weighted by molar-refractivity contribution is 7.99. The predicted octanol–water partition coefficient (Wildman–Crippen LogP) is 4.16. The Bertz CT molecular complexity index is 968. The van der Waals surface area contributed by atoms with Gasteiger partial charge in [0, 0.05) is 16.6 Å². The third-order valence-electron chi connectivity index (χ3n) is 6.22. The van der Waals surface area contributed by atoms with E-state index < -0.39 is 43.3 Å². The maximum atomic E-state index is 14.6. The van der Waals surface area contributed by atoms with E-state index in [0.29, 0.717) is 5.56 Å². The molecule has 0 amide bonds. The Hall–Kier alpha value is -2.13. The van der Waals surface area contributed by atoms with E-state index in [9.17, 15) is 19.4 Å². The van der Waals surface area contributed by atoms with Crippen LogP contribution in [0.3, 0.4) is 0 Å². The van der Waals surface area contributed by atoms with Crippen molar-refractivity contribution in [2.75, 3.05) is 19.0 Å². The second-order valence-corrected chi connectivity index (χ2v) is 9.33. The molecule has 2 N–H and O–H groups in total. The Balaban J connectivity index is 1.55. The molecular formula is C25H29FO6S. The molecule has 4 rings (SSSR count). The fourth-order valence-electron chi connectivity index (χ4n) is 4.32. The quantitative estimate of drug-likeness (QED) is 0.606. The molecule has 2 heterocycles. The van der Waals surface area contributed by atoms with Crippen LogP contribution in [0.5, 0.6) is 0 Å². The lowest BCUT2D eigenvalue weighted by molar-refractivity contribution is -0.215. The SMILES string of the molecule is CCOC(=O)OCC1OC(c2ccc3c(c2)C(c2ccc(CC)cc2)CS3)C(O)C(O)C1F. The maximum Gasteiger partial charge on any atom is 0.508 e. The summed E-state index contributed by atoms with van der Waals surface area (Å²) < 4.78 is 30.0. The molecule has 8 heteroatoms. The summed E-state index contributed by atoms with van der Waals surface area (Å²) in [6.07, 6.45) is -7.15. The molecule has 1 saturated heterocycles. The largest absolute Gasteiger partial charge is 0.508 e. The Morgan fingerprint density at radius 2 is 1.82 bits per heavy atom. The number of benzene rings is 2. The number of ether oxygens (including phenoxy) is 3. The van der Waals surface area contributed by atoms with Gasteiger partial charge in [0.15, 0.2) is 6.17 Å². The van der Waals surface area contributed by atoms with E-state index in [1.165, 1.54) is 11.1 Å². The molecule has 0 bridgehead atoms. The summed E-state index contributed by atoms with van der Waals surface area (Å²) in [4.78, 5) is 12.6. The predicted molar refractivity (Wildman–Crippen MR) is 122 cm³/mol. The monoisotopic (exact) mass is 476 g/mol. The number of aryl methyl sites for hydroxylation is 1. The molecule has 1 fully saturated rings. The number of rotatable bonds is 6. The van der Waals surface area contributed by atoms with Crippen molar-refractivity contribution in [2.24, 2.45) is 0 Å². The highest BCUT2D eigenvalue weighted by Gasteiger charge is 2.46. The number of carbonyl (C=O) groups excluding carboxylic acids is 1. The smallest absolute Gasteiger partial charge is 0.435 e. The van der Waals surface area contributed by atoms with Crippen LogP contribution in [-0.2, 0) is 20.6 Å². The fourth-order valence-corrected chi connectivity index (χ4v) is 5.57. The van der Waals surface area contributed by atoms with Gasteiger partial charge in [-0.3, -0.25) is 0 Å². The molecule has 2 aliphatic heterocycles. The van der Waals surface area contributed by atoms with Crippen LogP contribution < -0.4 is 0 Å². The summed E-state index contributed by atoms with van der Waals surface area (Å²) in [7, 11) is 0.